The third-order valence-electron chi connectivity index (χ3n) is 8.53. The Kier molecular flexibility index (Phi) is 4.13. The van der Waals surface area contributed by atoms with E-state index in [4.69, 9.17) is 26.2 Å². The van der Waals surface area contributed by atoms with Gasteiger partial charge in [0.15, 0.2) is 0 Å². The number of rotatable bonds is 5. The Labute approximate surface area is 198 Å². The molecule has 2 saturated heterocycles. The molecule has 0 spiro atoms. The number of anilines is 1. The first-order valence-electron chi connectivity index (χ1n) is 11.8. The van der Waals surface area contributed by atoms with Crippen LogP contribution in [0.5, 0.6) is 0 Å². The molecule has 8 nitrogen and oxygen atoms in total. The van der Waals surface area contributed by atoms with E-state index in [1.165, 1.54) is 0 Å². The summed E-state index contributed by atoms with van der Waals surface area (Å²) in [6, 6.07) is 4.23. The molecular weight excluding hydrogens is 440 g/mol. The molecule has 0 unspecified atom stereocenters. The Bertz CT molecular complexity index is 1220. The number of halogens is 1. The third kappa shape index (κ3) is 2.81. The predicted molar refractivity (Wildman–Crippen MR) is 126 cm³/mol. The first-order valence-corrected chi connectivity index (χ1v) is 12.2. The van der Waals surface area contributed by atoms with Crippen LogP contribution in [0.2, 0.25) is 5.02 Å². The summed E-state index contributed by atoms with van der Waals surface area (Å²) in [6.45, 7) is 7.91. The average Bonchev–Trinajstić information content (AvgIpc) is 3.37. The molecule has 5 aliphatic rings. The van der Waals surface area contributed by atoms with Gasteiger partial charge in [0.05, 0.1) is 64.7 Å². The highest BCUT2D eigenvalue weighted by Gasteiger charge is 2.70. The van der Waals surface area contributed by atoms with Crippen LogP contribution >= 0.6 is 11.6 Å². The van der Waals surface area contributed by atoms with Crippen molar-refractivity contribution in [3.05, 3.63) is 35.7 Å². The van der Waals surface area contributed by atoms with Crippen LogP contribution in [0.25, 0.3) is 16.6 Å². The Hall–Kier alpha value is -2.13. The van der Waals surface area contributed by atoms with Gasteiger partial charge in [-0.2, -0.15) is 10.2 Å². The number of piperazine rings is 1. The maximum Gasteiger partial charge on any atom is 0.103 e. The summed E-state index contributed by atoms with van der Waals surface area (Å²) in [7, 11) is 1.82. The summed E-state index contributed by atoms with van der Waals surface area (Å²) in [6.07, 6.45) is 9.08. The van der Waals surface area contributed by atoms with E-state index in [0.29, 0.717) is 0 Å². The van der Waals surface area contributed by atoms with Gasteiger partial charge in [-0.05, 0) is 19.1 Å². The van der Waals surface area contributed by atoms with Crippen LogP contribution in [0.1, 0.15) is 26.2 Å². The van der Waals surface area contributed by atoms with Crippen LogP contribution < -0.4 is 4.90 Å². The summed E-state index contributed by atoms with van der Waals surface area (Å²) in [5, 5.41) is 11.2. The van der Waals surface area contributed by atoms with Crippen molar-refractivity contribution in [2.75, 3.05) is 51.4 Å². The Morgan fingerprint density at radius 2 is 1.79 bits per heavy atom. The molecule has 0 N–H and O–H groups in total. The van der Waals surface area contributed by atoms with Gasteiger partial charge in [-0.1, -0.05) is 11.6 Å². The minimum absolute atomic E-state index is 0.100. The molecular formula is C24H29ClN6O2. The summed E-state index contributed by atoms with van der Waals surface area (Å²) in [4.78, 5) is 4.95. The van der Waals surface area contributed by atoms with Crippen molar-refractivity contribution in [2.24, 2.45) is 0 Å². The molecule has 9 heteroatoms. The fourth-order valence-electron chi connectivity index (χ4n) is 6.34. The highest BCUT2D eigenvalue weighted by atomic mass is 35.5. The van der Waals surface area contributed by atoms with E-state index in [1.54, 1.807) is 0 Å². The second kappa shape index (κ2) is 6.72. The van der Waals surface area contributed by atoms with Gasteiger partial charge in [0.1, 0.15) is 5.69 Å². The molecule has 174 valence electrons. The lowest BCUT2D eigenvalue weighted by Gasteiger charge is -2.68. The average molecular weight is 469 g/mol. The lowest BCUT2D eigenvalue weighted by molar-refractivity contribution is -0.265. The van der Waals surface area contributed by atoms with E-state index in [2.05, 4.69) is 38.8 Å². The van der Waals surface area contributed by atoms with Crippen molar-refractivity contribution in [1.82, 2.24) is 24.5 Å². The van der Waals surface area contributed by atoms with E-state index in [-0.39, 0.29) is 16.7 Å². The SMILES string of the molecule is COC12CC(n3cc(-n4ncc5cc(Cl)c(N6CCN(C7(C)COC7)CC6)cc54)cn3)(C1)C2. The molecule has 3 aliphatic carbocycles. The molecule has 2 aliphatic heterocycles. The molecule has 1 aromatic carbocycles. The largest absolute Gasteiger partial charge is 0.378 e. The van der Waals surface area contributed by atoms with Gasteiger partial charge in [0, 0.05) is 57.9 Å². The maximum atomic E-state index is 6.74. The fourth-order valence-corrected chi connectivity index (χ4v) is 6.63. The molecule has 0 amide bonds. The van der Waals surface area contributed by atoms with Gasteiger partial charge in [-0.25, -0.2) is 4.68 Å². The zero-order valence-corrected chi connectivity index (χ0v) is 19.9. The highest BCUT2D eigenvalue weighted by molar-refractivity contribution is 6.34. The minimum atomic E-state index is 0.100. The van der Waals surface area contributed by atoms with E-state index in [0.717, 1.165) is 86.0 Å². The smallest absolute Gasteiger partial charge is 0.103 e. The van der Waals surface area contributed by atoms with Crippen LogP contribution in [0.3, 0.4) is 0 Å². The van der Waals surface area contributed by atoms with Gasteiger partial charge in [0.2, 0.25) is 0 Å². The van der Waals surface area contributed by atoms with E-state index in [9.17, 15) is 0 Å². The summed E-state index contributed by atoms with van der Waals surface area (Å²) in [5.41, 5.74) is 3.55. The van der Waals surface area contributed by atoms with Crippen LogP contribution in [-0.4, -0.2) is 82.1 Å². The fraction of sp³-hybridized carbons (Fsp3) is 0.583. The van der Waals surface area contributed by atoms with Crippen molar-refractivity contribution in [1.29, 1.82) is 0 Å². The van der Waals surface area contributed by atoms with Gasteiger partial charge in [-0.15, -0.1) is 0 Å². The van der Waals surface area contributed by atoms with Gasteiger partial charge >= 0.3 is 0 Å². The molecule has 2 bridgehead atoms. The number of hydrogen-bond acceptors (Lipinski definition) is 6. The number of hydrogen-bond donors (Lipinski definition) is 0. The Morgan fingerprint density at radius 1 is 1.03 bits per heavy atom. The number of aromatic nitrogens is 4. The Morgan fingerprint density at radius 3 is 2.45 bits per heavy atom. The first kappa shape index (κ1) is 20.3. The predicted octanol–water partition coefficient (Wildman–Crippen LogP) is 3.06. The van der Waals surface area contributed by atoms with E-state index < -0.39 is 0 Å². The highest BCUT2D eigenvalue weighted by Crippen LogP contribution is 2.66. The topological polar surface area (TPSA) is 60.6 Å². The number of benzene rings is 1. The van der Waals surface area contributed by atoms with Crippen molar-refractivity contribution in [2.45, 2.75) is 42.9 Å². The molecule has 3 saturated carbocycles. The molecule has 0 atom stereocenters. The van der Waals surface area contributed by atoms with Gasteiger partial charge in [-0.3, -0.25) is 9.58 Å². The summed E-state index contributed by atoms with van der Waals surface area (Å²) in [5.74, 6) is 0. The van der Waals surface area contributed by atoms with E-state index >= 15 is 0 Å². The second-order valence-electron chi connectivity index (χ2n) is 10.7. The van der Waals surface area contributed by atoms with Gasteiger partial charge in [0.25, 0.3) is 0 Å². The van der Waals surface area contributed by atoms with Crippen molar-refractivity contribution in [3.8, 4) is 5.69 Å². The molecule has 2 aromatic heterocycles. The minimum Gasteiger partial charge on any atom is -0.378 e. The lowest BCUT2D eigenvalue weighted by Crippen LogP contribution is -2.73. The van der Waals surface area contributed by atoms with Crippen molar-refractivity contribution < 1.29 is 9.47 Å². The Balaban J connectivity index is 1.15. The molecule has 0 radical (unpaired) electrons. The quantitative estimate of drug-likeness (QED) is 0.573. The normalized spacial score (nSPS) is 30.7. The first-order chi connectivity index (χ1) is 15.9. The second-order valence-corrected chi connectivity index (χ2v) is 11.1. The number of methoxy groups -OCH3 is 1. The third-order valence-corrected chi connectivity index (χ3v) is 8.84. The monoisotopic (exact) mass is 468 g/mol. The zero-order chi connectivity index (χ0) is 22.4. The molecule has 5 fully saturated rings. The van der Waals surface area contributed by atoms with E-state index in [1.807, 2.05) is 30.3 Å². The van der Waals surface area contributed by atoms with Crippen LogP contribution in [0.4, 0.5) is 5.69 Å². The van der Waals surface area contributed by atoms with Crippen molar-refractivity contribution in [3.63, 3.8) is 0 Å². The molecule has 8 rings (SSSR count). The molecule has 33 heavy (non-hydrogen) atoms. The zero-order valence-electron chi connectivity index (χ0n) is 19.1. The van der Waals surface area contributed by atoms with Crippen molar-refractivity contribution >= 4 is 28.2 Å². The number of fused-ring (bicyclic) bond motifs is 1. The number of ether oxygens (including phenoxy) is 2. The maximum absolute atomic E-state index is 6.74. The van der Waals surface area contributed by atoms with Crippen LogP contribution in [0, 0.1) is 0 Å². The van der Waals surface area contributed by atoms with Crippen LogP contribution in [-0.2, 0) is 15.0 Å². The molecule has 3 aromatic rings. The standard InChI is InChI=1S/C24H29ClN6O2/c1-22(15-33-16-22)29-5-3-28(4-6-29)21-8-20-17(7-19(21)25)9-27-31(20)18-10-26-30(11-18)23-12-24(13-23,14-23)32-2/h7-11H,3-6,12-16H2,1-2H3. The van der Waals surface area contributed by atoms with Crippen LogP contribution in [0.15, 0.2) is 30.7 Å². The summed E-state index contributed by atoms with van der Waals surface area (Å²) >= 11 is 6.74. The number of nitrogens with zero attached hydrogens (tertiary/aromatic N) is 6. The van der Waals surface area contributed by atoms with Gasteiger partial charge < -0.3 is 14.4 Å². The lowest BCUT2D eigenvalue weighted by atomic mass is 9.46. The molecule has 4 heterocycles. The summed E-state index contributed by atoms with van der Waals surface area (Å²) < 4.78 is 15.2.